The molecule has 1 aromatic carbocycles. The lowest BCUT2D eigenvalue weighted by Crippen LogP contribution is -2.10. The maximum absolute atomic E-state index is 11.4. The van der Waals surface area contributed by atoms with Gasteiger partial charge in [0, 0.05) is 6.54 Å². The van der Waals surface area contributed by atoms with E-state index in [9.17, 15) is 4.79 Å². The summed E-state index contributed by atoms with van der Waals surface area (Å²) < 4.78 is 4.87. The van der Waals surface area contributed by atoms with Crippen LogP contribution in [-0.2, 0) is 22.5 Å². The van der Waals surface area contributed by atoms with Crippen molar-refractivity contribution in [3.8, 4) is 6.07 Å². The van der Waals surface area contributed by atoms with Gasteiger partial charge in [0.25, 0.3) is 0 Å². The lowest BCUT2D eigenvalue weighted by atomic mass is 9.96. The zero-order valence-corrected chi connectivity index (χ0v) is 10.1. The fraction of sp³-hybridized carbons (Fsp3) is 0.385. The third-order valence-electron chi connectivity index (χ3n) is 2.64. The second kappa shape index (κ2) is 6.02. The van der Waals surface area contributed by atoms with Crippen molar-refractivity contribution in [1.82, 2.24) is 0 Å². The van der Waals surface area contributed by atoms with Crippen LogP contribution in [0.4, 0.5) is 0 Å². The summed E-state index contributed by atoms with van der Waals surface area (Å²) in [5.41, 5.74) is 8.57. The van der Waals surface area contributed by atoms with Gasteiger partial charge < -0.3 is 10.5 Å². The van der Waals surface area contributed by atoms with Crippen LogP contribution in [0.15, 0.2) is 12.1 Å². The minimum atomic E-state index is -0.316. The molecule has 0 bridgehead atoms. The summed E-state index contributed by atoms with van der Waals surface area (Å²) in [5, 5.41) is 9.12. The van der Waals surface area contributed by atoms with E-state index in [-0.39, 0.29) is 12.4 Å². The molecule has 0 aliphatic rings. The van der Waals surface area contributed by atoms with Crippen molar-refractivity contribution in [3.05, 3.63) is 34.4 Å². The zero-order chi connectivity index (χ0) is 12.8. The molecular weight excluding hydrogens is 216 g/mol. The molecule has 0 atom stereocenters. The molecule has 4 heteroatoms. The van der Waals surface area contributed by atoms with Gasteiger partial charge >= 0.3 is 5.97 Å². The molecule has 2 N–H and O–H groups in total. The summed E-state index contributed by atoms with van der Waals surface area (Å²) in [7, 11) is 0. The highest BCUT2D eigenvalue weighted by Gasteiger charge is 2.12. The molecule has 0 saturated carbocycles. The standard InChI is InChI=1S/C13H16N2O2/c1-3-17-13(16)6-10-4-5-11(7-14)9(2)12(10)8-15/h4-5H,3,6-7,14H2,1-2H3. The number of hydrogen-bond donors (Lipinski definition) is 1. The number of nitriles is 1. The fourth-order valence-electron chi connectivity index (χ4n) is 1.70. The van der Waals surface area contributed by atoms with Crippen molar-refractivity contribution in [1.29, 1.82) is 5.26 Å². The Labute approximate surface area is 101 Å². The van der Waals surface area contributed by atoms with E-state index in [4.69, 9.17) is 15.7 Å². The summed E-state index contributed by atoms with van der Waals surface area (Å²) in [6, 6.07) is 5.74. The normalized spacial score (nSPS) is 9.76. The van der Waals surface area contributed by atoms with Crippen LogP contribution < -0.4 is 5.73 Å². The van der Waals surface area contributed by atoms with Crippen molar-refractivity contribution in [3.63, 3.8) is 0 Å². The van der Waals surface area contributed by atoms with Crippen LogP contribution in [-0.4, -0.2) is 12.6 Å². The topological polar surface area (TPSA) is 76.1 Å². The molecule has 0 aromatic heterocycles. The van der Waals surface area contributed by atoms with Crippen molar-refractivity contribution in [2.75, 3.05) is 6.61 Å². The van der Waals surface area contributed by atoms with Gasteiger partial charge in [0.05, 0.1) is 24.7 Å². The van der Waals surface area contributed by atoms with Gasteiger partial charge in [0.15, 0.2) is 0 Å². The molecule has 0 amide bonds. The van der Waals surface area contributed by atoms with Gasteiger partial charge in [-0.05, 0) is 30.5 Å². The number of esters is 1. The molecule has 1 rings (SSSR count). The first-order valence-electron chi connectivity index (χ1n) is 5.51. The van der Waals surface area contributed by atoms with Gasteiger partial charge in [0.1, 0.15) is 0 Å². The molecule has 0 radical (unpaired) electrons. The van der Waals surface area contributed by atoms with Gasteiger partial charge in [-0.3, -0.25) is 4.79 Å². The molecule has 17 heavy (non-hydrogen) atoms. The highest BCUT2D eigenvalue weighted by molar-refractivity contribution is 5.74. The van der Waals surface area contributed by atoms with E-state index < -0.39 is 0 Å². The van der Waals surface area contributed by atoms with Crippen LogP contribution in [0.1, 0.15) is 29.2 Å². The second-order valence-corrected chi connectivity index (χ2v) is 3.68. The molecule has 0 aliphatic carbocycles. The van der Waals surface area contributed by atoms with Crippen molar-refractivity contribution < 1.29 is 9.53 Å². The molecule has 4 nitrogen and oxygen atoms in total. The van der Waals surface area contributed by atoms with Gasteiger partial charge in [-0.15, -0.1) is 0 Å². The Morgan fingerprint density at radius 1 is 1.47 bits per heavy atom. The second-order valence-electron chi connectivity index (χ2n) is 3.68. The SMILES string of the molecule is CCOC(=O)Cc1ccc(CN)c(C)c1C#N. The summed E-state index contributed by atoms with van der Waals surface area (Å²) >= 11 is 0. The van der Waals surface area contributed by atoms with Gasteiger partial charge in [-0.1, -0.05) is 12.1 Å². The molecule has 0 heterocycles. The number of nitrogens with zero attached hydrogens (tertiary/aromatic N) is 1. The summed E-state index contributed by atoms with van der Waals surface area (Å²) in [5.74, 6) is -0.316. The highest BCUT2D eigenvalue weighted by Crippen LogP contribution is 2.18. The molecular formula is C13H16N2O2. The lowest BCUT2D eigenvalue weighted by molar-refractivity contribution is -0.142. The Morgan fingerprint density at radius 3 is 2.65 bits per heavy atom. The number of carbonyl (C=O) groups excluding carboxylic acids is 1. The molecule has 0 aliphatic heterocycles. The van der Waals surface area contributed by atoms with Gasteiger partial charge in [0.2, 0.25) is 0 Å². The number of rotatable bonds is 4. The van der Waals surface area contributed by atoms with Crippen molar-refractivity contribution in [2.24, 2.45) is 5.73 Å². The van der Waals surface area contributed by atoms with E-state index in [2.05, 4.69) is 6.07 Å². The number of hydrogen-bond acceptors (Lipinski definition) is 4. The number of benzene rings is 1. The minimum Gasteiger partial charge on any atom is -0.466 e. The van der Waals surface area contributed by atoms with E-state index >= 15 is 0 Å². The first-order chi connectivity index (χ1) is 8.13. The summed E-state index contributed by atoms with van der Waals surface area (Å²) in [6.45, 7) is 4.34. The zero-order valence-electron chi connectivity index (χ0n) is 10.1. The smallest absolute Gasteiger partial charge is 0.310 e. The number of nitrogens with two attached hydrogens (primary N) is 1. The Bertz CT molecular complexity index is 461. The lowest BCUT2D eigenvalue weighted by Gasteiger charge is -2.10. The first-order valence-corrected chi connectivity index (χ1v) is 5.51. The van der Waals surface area contributed by atoms with E-state index in [1.165, 1.54) is 0 Å². The van der Waals surface area contributed by atoms with Crippen LogP contribution in [0.25, 0.3) is 0 Å². The maximum atomic E-state index is 11.4. The maximum Gasteiger partial charge on any atom is 0.310 e. The van der Waals surface area contributed by atoms with Crippen LogP contribution in [0.3, 0.4) is 0 Å². The van der Waals surface area contributed by atoms with Gasteiger partial charge in [-0.2, -0.15) is 5.26 Å². The van der Waals surface area contributed by atoms with Crippen LogP contribution in [0, 0.1) is 18.3 Å². The van der Waals surface area contributed by atoms with E-state index in [1.54, 1.807) is 13.0 Å². The quantitative estimate of drug-likeness (QED) is 0.797. The average Bonchev–Trinajstić information content (AvgIpc) is 2.30. The third kappa shape index (κ3) is 3.05. The van der Waals surface area contributed by atoms with E-state index in [0.717, 1.165) is 11.1 Å². The molecule has 90 valence electrons. The van der Waals surface area contributed by atoms with E-state index in [1.807, 2.05) is 13.0 Å². The Kier molecular flexibility index (Phi) is 4.68. The summed E-state index contributed by atoms with van der Waals surface area (Å²) in [4.78, 5) is 11.4. The Balaban J connectivity index is 3.06. The number of carbonyl (C=O) groups is 1. The average molecular weight is 232 g/mol. The minimum absolute atomic E-state index is 0.127. The summed E-state index contributed by atoms with van der Waals surface area (Å²) in [6.07, 6.45) is 0.127. The third-order valence-corrected chi connectivity index (χ3v) is 2.64. The molecule has 0 saturated heterocycles. The Hall–Kier alpha value is -1.86. The van der Waals surface area contributed by atoms with Gasteiger partial charge in [-0.25, -0.2) is 0 Å². The molecule has 0 spiro atoms. The van der Waals surface area contributed by atoms with Crippen LogP contribution in [0.2, 0.25) is 0 Å². The van der Waals surface area contributed by atoms with Crippen molar-refractivity contribution >= 4 is 5.97 Å². The predicted octanol–water partition coefficient (Wildman–Crippen LogP) is 1.43. The highest BCUT2D eigenvalue weighted by atomic mass is 16.5. The van der Waals surface area contributed by atoms with Crippen molar-refractivity contribution in [2.45, 2.75) is 26.8 Å². The monoisotopic (exact) mass is 232 g/mol. The van der Waals surface area contributed by atoms with Crippen LogP contribution >= 0.6 is 0 Å². The molecule has 0 unspecified atom stereocenters. The fourth-order valence-corrected chi connectivity index (χ4v) is 1.70. The van der Waals surface area contributed by atoms with E-state index in [0.29, 0.717) is 24.3 Å². The Morgan fingerprint density at radius 2 is 2.12 bits per heavy atom. The largest absolute Gasteiger partial charge is 0.466 e. The number of ether oxygens (including phenoxy) is 1. The molecule has 0 fully saturated rings. The van der Waals surface area contributed by atoms with Crippen LogP contribution in [0.5, 0.6) is 0 Å². The molecule has 1 aromatic rings. The first kappa shape index (κ1) is 13.2. The predicted molar refractivity (Wildman–Crippen MR) is 64.1 cm³/mol.